The summed E-state index contributed by atoms with van der Waals surface area (Å²) in [6.45, 7) is 1.92. The molecule has 8 aromatic rings. The van der Waals surface area contributed by atoms with Crippen molar-refractivity contribution in [3.8, 4) is 11.5 Å². The SMILES string of the molecule is CC(=Nc1ccc2nc3c(cc(O)c4ccc(=O)cc43)oc2c1)N(C)C.Nc1ccc2nc3c(cc(O)c4ccc(=O)cc43)oc2c1. The van der Waals surface area contributed by atoms with E-state index in [4.69, 9.17) is 14.6 Å². The number of aromatic nitrogens is 2. The van der Waals surface area contributed by atoms with E-state index in [-0.39, 0.29) is 22.4 Å². The van der Waals surface area contributed by atoms with Crippen LogP contribution in [0.3, 0.4) is 0 Å². The van der Waals surface area contributed by atoms with Gasteiger partial charge in [0.15, 0.2) is 33.2 Å². The molecule has 0 spiro atoms. The van der Waals surface area contributed by atoms with Gasteiger partial charge in [-0.25, -0.2) is 15.0 Å². The van der Waals surface area contributed by atoms with Gasteiger partial charge in [0, 0.05) is 65.6 Å². The van der Waals surface area contributed by atoms with Crippen LogP contribution in [0.15, 0.2) is 108 Å². The molecule has 2 aromatic heterocycles. The number of nitrogens with two attached hydrogens (primary N) is 1. The second-order valence-electron chi connectivity index (χ2n) is 11.3. The van der Waals surface area contributed by atoms with Gasteiger partial charge in [-0.3, -0.25) is 9.59 Å². The molecule has 232 valence electrons. The van der Waals surface area contributed by atoms with Crippen LogP contribution in [0.1, 0.15) is 6.92 Å². The molecule has 0 bridgehead atoms. The van der Waals surface area contributed by atoms with Crippen LogP contribution in [-0.2, 0) is 0 Å². The number of rotatable bonds is 1. The summed E-state index contributed by atoms with van der Waals surface area (Å²) in [7, 11) is 3.86. The zero-order chi connectivity index (χ0) is 33.0. The normalized spacial score (nSPS) is 11.9. The van der Waals surface area contributed by atoms with Crippen LogP contribution in [0.5, 0.6) is 11.5 Å². The van der Waals surface area contributed by atoms with E-state index in [9.17, 15) is 19.8 Å². The second-order valence-corrected chi connectivity index (χ2v) is 11.3. The van der Waals surface area contributed by atoms with Crippen molar-refractivity contribution >= 4 is 83.2 Å². The Morgan fingerprint density at radius 2 is 1.17 bits per heavy atom. The minimum Gasteiger partial charge on any atom is -0.507 e. The third kappa shape index (κ3) is 5.39. The molecule has 8 rings (SSSR count). The summed E-state index contributed by atoms with van der Waals surface area (Å²) in [4.78, 5) is 39.0. The molecule has 0 aliphatic heterocycles. The standard InChI is InChI=1S/C20H17N3O3.C16H10N2O3/c1-11(23(2)3)21-12-4-7-16-18(8-12)26-19-10-17(25)14-6-5-13(24)9-15(14)20(19)22-16;17-8-1-4-12-14(5-8)21-15-7-13(20)10-3-2-9(19)6-11(10)16(15)18-12/h4-10,25H,1-3H3;1-7,20H,17H2. The van der Waals surface area contributed by atoms with Gasteiger partial charge >= 0.3 is 0 Å². The van der Waals surface area contributed by atoms with Crippen molar-refractivity contribution in [2.75, 3.05) is 19.8 Å². The van der Waals surface area contributed by atoms with E-state index in [1.54, 1.807) is 36.4 Å². The molecule has 4 N–H and O–H groups in total. The first-order chi connectivity index (χ1) is 22.5. The number of benzene rings is 6. The number of fused-ring (bicyclic) bond motifs is 8. The minimum atomic E-state index is -0.145. The van der Waals surface area contributed by atoms with Gasteiger partial charge < -0.3 is 29.7 Å². The van der Waals surface area contributed by atoms with Crippen molar-refractivity contribution in [1.82, 2.24) is 14.9 Å². The number of aliphatic imine (C=N–C) groups is 1. The molecule has 0 aliphatic rings. The van der Waals surface area contributed by atoms with E-state index in [0.717, 1.165) is 11.5 Å². The van der Waals surface area contributed by atoms with Crippen LogP contribution in [0.25, 0.3) is 65.9 Å². The molecule has 47 heavy (non-hydrogen) atoms. The van der Waals surface area contributed by atoms with E-state index >= 15 is 0 Å². The summed E-state index contributed by atoms with van der Waals surface area (Å²) >= 11 is 0. The summed E-state index contributed by atoms with van der Waals surface area (Å²) in [6.07, 6.45) is 0. The molecular formula is C36H27N5O6. The van der Waals surface area contributed by atoms with Crippen molar-refractivity contribution in [1.29, 1.82) is 0 Å². The molecule has 0 aliphatic carbocycles. The largest absolute Gasteiger partial charge is 0.507 e. The lowest BCUT2D eigenvalue weighted by atomic mass is 10.1. The number of nitrogen functional groups attached to an aromatic ring is 1. The lowest BCUT2D eigenvalue weighted by molar-refractivity contribution is 0.480. The molecule has 11 heteroatoms. The fourth-order valence-corrected chi connectivity index (χ4v) is 5.29. The van der Waals surface area contributed by atoms with Crippen LogP contribution >= 0.6 is 0 Å². The van der Waals surface area contributed by atoms with Crippen LogP contribution < -0.4 is 16.6 Å². The molecule has 0 amide bonds. The van der Waals surface area contributed by atoms with Gasteiger partial charge in [0.2, 0.25) is 0 Å². The van der Waals surface area contributed by atoms with Crippen LogP contribution in [-0.4, -0.2) is 45.0 Å². The molecule has 0 atom stereocenters. The van der Waals surface area contributed by atoms with E-state index < -0.39 is 0 Å². The minimum absolute atomic E-state index is 0.0475. The Hall–Kier alpha value is -6.49. The maximum atomic E-state index is 11.7. The summed E-state index contributed by atoms with van der Waals surface area (Å²) in [6, 6.07) is 22.6. The molecule has 0 unspecified atom stereocenters. The van der Waals surface area contributed by atoms with Crippen LogP contribution in [0.4, 0.5) is 11.4 Å². The van der Waals surface area contributed by atoms with Gasteiger partial charge in [-0.2, -0.15) is 0 Å². The van der Waals surface area contributed by atoms with Gasteiger partial charge in [0.1, 0.15) is 39.4 Å². The van der Waals surface area contributed by atoms with Crippen LogP contribution in [0, 0.1) is 0 Å². The summed E-state index contributed by atoms with van der Waals surface area (Å²) in [5.41, 5.74) is 11.0. The van der Waals surface area contributed by atoms with Gasteiger partial charge in [-0.1, -0.05) is 0 Å². The van der Waals surface area contributed by atoms with Crippen LogP contribution in [0.2, 0.25) is 0 Å². The lowest BCUT2D eigenvalue weighted by Gasteiger charge is -2.11. The zero-order valence-electron chi connectivity index (χ0n) is 25.5. The zero-order valence-corrected chi connectivity index (χ0v) is 25.5. The third-order valence-corrected chi connectivity index (χ3v) is 7.82. The molecule has 0 saturated heterocycles. The highest BCUT2D eigenvalue weighted by atomic mass is 16.3. The number of aromatic hydroxyl groups is 2. The molecule has 0 saturated carbocycles. The Bertz CT molecular complexity index is 2710. The highest BCUT2D eigenvalue weighted by Gasteiger charge is 2.13. The summed E-state index contributed by atoms with van der Waals surface area (Å²) < 4.78 is 11.7. The highest BCUT2D eigenvalue weighted by molar-refractivity contribution is 6.08. The number of hydrogen-bond acceptors (Lipinski definition) is 10. The van der Waals surface area contributed by atoms with E-state index in [1.165, 1.54) is 36.4 Å². The topological polar surface area (TPSA) is 168 Å². The predicted molar refractivity (Wildman–Crippen MR) is 185 cm³/mol. The first kappa shape index (κ1) is 29.2. The van der Waals surface area contributed by atoms with Gasteiger partial charge in [-0.05, 0) is 67.6 Å². The molecular weight excluding hydrogens is 598 g/mol. The predicted octanol–water partition coefficient (Wildman–Crippen LogP) is 6.59. The Labute approximate surface area is 265 Å². The maximum absolute atomic E-state index is 11.7. The van der Waals surface area contributed by atoms with Crippen molar-refractivity contribution in [2.45, 2.75) is 6.92 Å². The Balaban J connectivity index is 0.000000153. The average molecular weight is 626 g/mol. The van der Waals surface area contributed by atoms with Gasteiger partial charge in [-0.15, -0.1) is 0 Å². The highest BCUT2D eigenvalue weighted by Crippen LogP contribution is 2.34. The first-order valence-corrected chi connectivity index (χ1v) is 14.5. The second kappa shape index (κ2) is 11.1. The molecule has 2 heterocycles. The number of nitrogens with zero attached hydrogens (tertiary/aromatic N) is 4. The number of amidine groups is 1. The lowest BCUT2D eigenvalue weighted by Crippen LogP contribution is -2.17. The van der Waals surface area contributed by atoms with E-state index in [0.29, 0.717) is 71.6 Å². The van der Waals surface area contributed by atoms with Crippen molar-refractivity contribution in [3.05, 3.63) is 105 Å². The monoisotopic (exact) mass is 625 g/mol. The molecule has 11 nitrogen and oxygen atoms in total. The molecule has 6 aromatic carbocycles. The van der Waals surface area contributed by atoms with Crippen molar-refractivity contribution < 1.29 is 19.0 Å². The van der Waals surface area contributed by atoms with Crippen molar-refractivity contribution in [2.24, 2.45) is 4.99 Å². The number of phenols is 2. The number of phenolic OH excluding ortho intramolecular Hbond substituents is 2. The molecule has 0 radical (unpaired) electrons. The molecule has 0 fully saturated rings. The smallest absolute Gasteiger partial charge is 0.179 e. The maximum Gasteiger partial charge on any atom is 0.179 e. The number of anilines is 1. The van der Waals surface area contributed by atoms with E-state index in [2.05, 4.69) is 15.0 Å². The summed E-state index contributed by atoms with van der Waals surface area (Å²) in [5, 5.41) is 22.6. The van der Waals surface area contributed by atoms with E-state index in [1.807, 2.05) is 38.1 Å². The first-order valence-electron chi connectivity index (χ1n) is 14.5. The Kier molecular flexibility index (Phi) is 6.93. The Morgan fingerprint density at radius 3 is 1.70 bits per heavy atom. The fraction of sp³-hybridized carbons (Fsp3) is 0.0833. The fourth-order valence-electron chi connectivity index (χ4n) is 5.29. The summed E-state index contributed by atoms with van der Waals surface area (Å²) in [5.74, 6) is 0.964. The number of hydrogen-bond donors (Lipinski definition) is 3. The quantitative estimate of drug-likeness (QED) is 0.0594. The van der Waals surface area contributed by atoms with Gasteiger partial charge in [0.05, 0.1) is 5.69 Å². The third-order valence-electron chi connectivity index (χ3n) is 7.82. The Morgan fingerprint density at radius 1 is 0.660 bits per heavy atom. The van der Waals surface area contributed by atoms with Gasteiger partial charge in [0.25, 0.3) is 0 Å². The average Bonchev–Trinajstić information content (AvgIpc) is 3.03. The van der Waals surface area contributed by atoms with Crippen molar-refractivity contribution in [3.63, 3.8) is 0 Å².